The van der Waals surface area contributed by atoms with Gasteiger partial charge in [0, 0.05) is 51.3 Å². The maximum atomic E-state index is 2.43. The lowest BCUT2D eigenvalue weighted by Crippen LogP contribution is -1.93. The Morgan fingerprint density at radius 1 is 0.545 bits per heavy atom. The predicted molar refractivity (Wildman–Crippen MR) is 137 cm³/mol. The molecule has 0 N–H and O–H groups in total. The molecule has 0 aliphatic heterocycles. The third-order valence-electron chi connectivity index (χ3n) is 7.01. The van der Waals surface area contributed by atoms with Crippen LogP contribution in [-0.4, -0.2) is 13.5 Å². The van der Waals surface area contributed by atoms with Crippen LogP contribution in [0.4, 0.5) is 0 Å². The van der Waals surface area contributed by atoms with Gasteiger partial charge in [-0.25, -0.2) is 0 Å². The molecule has 0 spiro atoms. The Balaban J connectivity index is 1.57. The number of para-hydroxylation sites is 1. The van der Waals surface area contributed by atoms with Crippen LogP contribution in [0, 0.1) is 0 Å². The molecule has 154 valence electrons. The first-order valence-electron chi connectivity index (χ1n) is 11.3. The van der Waals surface area contributed by atoms with Gasteiger partial charge in [-0.15, -0.1) is 0 Å². The van der Waals surface area contributed by atoms with Gasteiger partial charge in [0.25, 0.3) is 0 Å². The monoisotopic (exact) mass is 421 g/mol. The summed E-state index contributed by atoms with van der Waals surface area (Å²) in [6, 6.07) is 35.0. The highest BCUT2D eigenvalue weighted by Crippen LogP contribution is 2.42. The molecule has 0 aliphatic carbocycles. The van der Waals surface area contributed by atoms with E-state index < -0.39 is 0 Å². The molecular formula is C30H19N3. The lowest BCUT2D eigenvalue weighted by molar-refractivity contribution is 1.13. The van der Waals surface area contributed by atoms with Crippen LogP contribution in [0.15, 0.2) is 116 Å². The van der Waals surface area contributed by atoms with Crippen molar-refractivity contribution in [2.45, 2.75) is 0 Å². The number of benzene rings is 4. The fourth-order valence-corrected chi connectivity index (χ4v) is 5.63. The zero-order valence-corrected chi connectivity index (χ0v) is 17.8. The standard InChI is InChI=1S/C30H19N3/c1-2-8-22(9-3-1)32-16-14-21-17-27-29-25(30(21)32)13-12-20-7-6-11-26(28(20)29)33(27)24-18-23-10-4-5-15-31(23)19-24/h1-19H. The summed E-state index contributed by atoms with van der Waals surface area (Å²) < 4.78 is 6.94. The molecule has 0 atom stereocenters. The first-order chi connectivity index (χ1) is 16.4. The minimum atomic E-state index is 1.18. The lowest BCUT2D eigenvalue weighted by Gasteiger charge is -2.10. The Bertz CT molecular complexity index is 1930. The van der Waals surface area contributed by atoms with E-state index >= 15 is 0 Å². The molecule has 0 unspecified atom stereocenters. The van der Waals surface area contributed by atoms with E-state index in [9.17, 15) is 0 Å². The van der Waals surface area contributed by atoms with Gasteiger partial charge in [0.05, 0.1) is 22.2 Å². The van der Waals surface area contributed by atoms with E-state index in [0.717, 1.165) is 0 Å². The van der Waals surface area contributed by atoms with Crippen LogP contribution in [0.5, 0.6) is 0 Å². The van der Waals surface area contributed by atoms with Crippen molar-refractivity contribution in [3.8, 4) is 11.4 Å². The van der Waals surface area contributed by atoms with Crippen molar-refractivity contribution in [3.63, 3.8) is 0 Å². The molecular weight excluding hydrogens is 402 g/mol. The van der Waals surface area contributed by atoms with E-state index in [4.69, 9.17) is 0 Å². The molecule has 0 saturated heterocycles. The van der Waals surface area contributed by atoms with E-state index in [0.29, 0.717) is 0 Å². The van der Waals surface area contributed by atoms with Crippen LogP contribution >= 0.6 is 0 Å². The number of rotatable bonds is 2. The van der Waals surface area contributed by atoms with E-state index in [2.05, 4.69) is 129 Å². The Kier molecular flexibility index (Phi) is 3.14. The highest BCUT2D eigenvalue weighted by Gasteiger charge is 2.20. The molecule has 0 fully saturated rings. The largest absolute Gasteiger partial charge is 0.322 e. The van der Waals surface area contributed by atoms with Crippen molar-refractivity contribution in [2.24, 2.45) is 0 Å². The fourth-order valence-electron chi connectivity index (χ4n) is 5.63. The SMILES string of the molecule is c1ccc(-n2ccc3cc4c5c(ccc6cccc(c65)n4-c4cc5ccccn5c4)c32)cc1. The van der Waals surface area contributed by atoms with Crippen molar-refractivity contribution in [1.29, 1.82) is 0 Å². The molecule has 8 rings (SSSR count). The number of hydrogen-bond acceptors (Lipinski definition) is 0. The van der Waals surface area contributed by atoms with Crippen molar-refractivity contribution < 1.29 is 0 Å². The highest BCUT2D eigenvalue weighted by atomic mass is 15.0. The second-order valence-corrected chi connectivity index (χ2v) is 8.78. The third kappa shape index (κ3) is 2.18. The summed E-state index contributed by atoms with van der Waals surface area (Å²) in [5.74, 6) is 0. The summed E-state index contributed by atoms with van der Waals surface area (Å²) >= 11 is 0. The summed E-state index contributed by atoms with van der Waals surface area (Å²) in [7, 11) is 0. The van der Waals surface area contributed by atoms with E-state index in [-0.39, 0.29) is 0 Å². The van der Waals surface area contributed by atoms with E-state index in [1.165, 1.54) is 60.4 Å². The number of nitrogens with zero attached hydrogens (tertiary/aromatic N) is 3. The number of pyridine rings is 1. The van der Waals surface area contributed by atoms with Crippen molar-refractivity contribution in [2.75, 3.05) is 0 Å². The average Bonchev–Trinajstić information content (AvgIpc) is 3.56. The maximum Gasteiger partial charge on any atom is 0.0649 e. The molecule has 33 heavy (non-hydrogen) atoms. The fraction of sp³-hybridized carbons (Fsp3) is 0. The molecule has 0 amide bonds. The van der Waals surface area contributed by atoms with Gasteiger partial charge in [-0.2, -0.15) is 0 Å². The van der Waals surface area contributed by atoms with Crippen LogP contribution in [0.25, 0.3) is 60.4 Å². The van der Waals surface area contributed by atoms with Crippen molar-refractivity contribution in [1.82, 2.24) is 13.5 Å². The quantitative estimate of drug-likeness (QED) is 0.256. The first-order valence-corrected chi connectivity index (χ1v) is 11.3. The van der Waals surface area contributed by atoms with Crippen LogP contribution in [0.2, 0.25) is 0 Å². The Hall–Kier alpha value is -4.50. The van der Waals surface area contributed by atoms with E-state index in [1.54, 1.807) is 0 Å². The first kappa shape index (κ1) is 17.1. The minimum absolute atomic E-state index is 1.18. The Labute approximate surface area is 189 Å². The van der Waals surface area contributed by atoms with Gasteiger partial charge >= 0.3 is 0 Å². The molecule has 3 nitrogen and oxygen atoms in total. The molecule has 0 aliphatic rings. The van der Waals surface area contributed by atoms with Gasteiger partial charge < -0.3 is 13.5 Å². The van der Waals surface area contributed by atoms with Crippen molar-refractivity contribution in [3.05, 3.63) is 116 Å². The zero-order valence-electron chi connectivity index (χ0n) is 17.8. The molecule has 4 aromatic heterocycles. The summed E-state index contributed by atoms with van der Waals surface area (Å²) in [4.78, 5) is 0. The van der Waals surface area contributed by atoms with Gasteiger partial charge in [0.15, 0.2) is 0 Å². The number of aromatic nitrogens is 3. The van der Waals surface area contributed by atoms with Crippen molar-refractivity contribution >= 4 is 49.0 Å². The molecule has 0 radical (unpaired) electrons. The van der Waals surface area contributed by atoms with Crippen LogP contribution in [0.3, 0.4) is 0 Å². The molecule has 0 bridgehead atoms. The molecule has 0 saturated carbocycles. The average molecular weight is 422 g/mol. The smallest absolute Gasteiger partial charge is 0.0649 e. The normalized spacial score (nSPS) is 12.2. The summed E-state index contributed by atoms with van der Waals surface area (Å²) in [5.41, 5.74) is 7.34. The second kappa shape index (κ2) is 6.05. The van der Waals surface area contributed by atoms with Gasteiger partial charge in [-0.1, -0.05) is 48.5 Å². The summed E-state index contributed by atoms with van der Waals surface area (Å²) in [6.45, 7) is 0. The second-order valence-electron chi connectivity index (χ2n) is 8.78. The van der Waals surface area contributed by atoms with Gasteiger partial charge in [0.1, 0.15) is 0 Å². The van der Waals surface area contributed by atoms with Crippen LogP contribution < -0.4 is 0 Å². The Morgan fingerprint density at radius 2 is 1.45 bits per heavy atom. The molecule has 4 heterocycles. The Morgan fingerprint density at radius 3 is 2.36 bits per heavy atom. The van der Waals surface area contributed by atoms with Gasteiger partial charge in [0.2, 0.25) is 0 Å². The van der Waals surface area contributed by atoms with Crippen LogP contribution in [0.1, 0.15) is 0 Å². The lowest BCUT2D eigenvalue weighted by atomic mass is 10.0. The predicted octanol–water partition coefficient (Wildman–Crippen LogP) is 7.57. The van der Waals surface area contributed by atoms with Crippen LogP contribution in [-0.2, 0) is 0 Å². The summed E-state index contributed by atoms with van der Waals surface area (Å²) in [5, 5.41) is 6.50. The van der Waals surface area contributed by atoms with Gasteiger partial charge in [-0.3, -0.25) is 0 Å². The molecule has 4 aromatic carbocycles. The van der Waals surface area contributed by atoms with E-state index in [1.807, 2.05) is 0 Å². The maximum absolute atomic E-state index is 2.43. The molecule has 8 aromatic rings. The number of hydrogen-bond donors (Lipinski definition) is 0. The summed E-state index contributed by atoms with van der Waals surface area (Å²) in [6.07, 6.45) is 6.53. The zero-order chi connectivity index (χ0) is 21.5. The highest BCUT2D eigenvalue weighted by molar-refractivity contribution is 6.29. The number of fused-ring (bicyclic) bond motifs is 3. The topological polar surface area (TPSA) is 14.3 Å². The third-order valence-corrected chi connectivity index (χ3v) is 7.01. The minimum Gasteiger partial charge on any atom is -0.322 e. The van der Waals surface area contributed by atoms with Gasteiger partial charge in [-0.05, 0) is 53.9 Å². The molecule has 3 heteroatoms.